The Morgan fingerprint density at radius 3 is 2.81 bits per heavy atom. The van der Waals surface area contributed by atoms with E-state index in [0.717, 1.165) is 17.1 Å². The largest absolute Gasteiger partial charge is 0.497 e. The first-order chi connectivity index (χ1) is 7.74. The molecular weight excluding hydrogens is 204 g/mol. The highest BCUT2D eigenvalue weighted by Crippen LogP contribution is 2.17. The quantitative estimate of drug-likeness (QED) is 0.852. The molecule has 16 heavy (non-hydrogen) atoms. The van der Waals surface area contributed by atoms with Crippen LogP contribution in [-0.2, 0) is 6.61 Å². The summed E-state index contributed by atoms with van der Waals surface area (Å²) in [6.07, 6.45) is 0. The summed E-state index contributed by atoms with van der Waals surface area (Å²) in [5.41, 5.74) is 2.58. The SMILES string of the molecule is COc1cccc(-n2nc(CO)cc2C)c1. The van der Waals surface area contributed by atoms with Gasteiger partial charge in [-0.2, -0.15) is 5.10 Å². The highest BCUT2D eigenvalue weighted by molar-refractivity contribution is 5.40. The van der Waals surface area contributed by atoms with Gasteiger partial charge in [0.1, 0.15) is 5.75 Å². The second kappa shape index (κ2) is 4.37. The van der Waals surface area contributed by atoms with Crippen molar-refractivity contribution in [2.75, 3.05) is 7.11 Å². The molecule has 0 atom stereocenters. The number of benzene rings is 1. The highest BCUT2D eigenvalue weighted by atomic mass is 16.5. The van der Waals surface area contributed by atoms with Gasteiger partial charge in [0.2, 0.25) is 0 Å². The number of rotatable bonds is 3. The van der Waals surface area contributed by atoms with Gasteiger partial charge in [0.25, 0.3) is 0 Å². The van der Waals surface area contributed by atoms with Gasteiger partial charge in [0.05, 0.1) is 25.1 Å². The zero-order valence-corrected chi connectivity index (χ0v) is 9.34. The molecule has 1 aromatic carbocycles. The molecule has 0 fully saturated rings. The maximum absolute atomic E-state index is 9.02. The van der Waals surface area contributed by atoms with Crippen LogP contribution in [-0.4, -0.2) is 22.0 Å². The Balaban J connectivity index is 2.45. The number of hydrogen-bond acceptors (Lipinski definition) is 3. The Bertz CT molecular complexity index is 492. The van der Waals surface area contributed by atoms with Crippen molar-refractivity contribution in [2.24, 2.45) is 0 Å². The first-order valence-electron chi connectivity index (χ1n) is 5.05. The van der Waals surface area contributed by atoms with E-state index in [1.807, 2.05) is 37.3 Å². The van der Waals surface area contributed by atoms with Crippen LogP contribution < -0.4 is 4.74 Å². The van der Waals surface area contributed by atoms with E-state index >= 15 is 0 Å². The van der Waals surface area contributed by atoms with Crippen LogP contribution in [0.1, 0.15) is 11.4 Å². The molecule has 0 spiro atoms. The lowest BCUT2D eigenvalue weighted by molar-refractivity contribution is 0.276. The molecule has 0 aliphatic carbocycles. The standard InChI is InChI=1S/C12H14N2O2/c1-9-6-10(8-15)13-14(9)11-4-3-5-12(7-11)16-2/h3-7,15H,8H2,1-2H3. The lowest BCUT2D eigenvalue weighted by Gasteiger charge is -2.06. The molecule has 0 bridgehead atoms. The number of nitrogens with zero attached hydrogens (tertiary/aromatic N) is 2. The molecule has 2 aromatic rings. The third-order valence-electron chi connectivity index (χ3n) is 2.40. The van der Waals surface area contributed by atoms with E-state index in [1.165, 1.54) is 0 Å². The molecule has 0 saturated carbocycles. The molecule has 1 N–H and O–H groups in total. The van der Waals surface area contributed by atoms with E-state index < -0.39 is 0 Å². The molecular formula is C12H14N2O2. The van der Waals surface area contributed by atoms with Crippen molar-refractivity contribution in [3.63, 3.8) is 0 Å². The molecule has 0 radical (unpaired) electrons. The number of hydrogen-bond donors (Lipinski definition) is 1. The van der Waals surface area contributed by atoms with Gasteiger partial charge in [-0.05, 0) is 25.1 Å². The normalized spacial score (nSPS) is 10.4. The molecule has 84 valence electrons. The Hall–Kier alpha value is -1.81. The summed E-state index contributed by atoms with van der Waals surface area (Å²) in [7, 11) is 1.63. The third kappa shape index (κ3) is 1.92. The van der Waals surface area contributed by atoms with Gasteiger partial charge in [-0.1, -0.05) is 6.07 Å². The zero-order chi connectivity index (χ0) is 11.5. The van der Waals surface area contributed by atoms with Gasteiger partial charge in [0, 0.05) is 11.8 Å². The van der Waals surface area contributed by atoms with Gasteiger partial charge in [-0.25, -0.2) is 4.68 Å². The summed E-state index contributed by atoms with van der Waals surface area (Å²) in [5, 5.41) is 13.3. The molecule has 0 unspecified atom stereocenters. The van der Waals surface area contributed by atoms with Gasteiger partial charge in [0.15, 0.2) is 0 Å². The van der Waals surface area contributed by atoms with Crippen LogP contribution in [0.2, 0.25) is 0 Å². The molecule has 0 aliphatic rings. The van der Waals surface area contributed by atoms with Crippen LogP contribution in [0.15, 0.2) is 30.3 Å². The van der Waals surface area contributed by atoms with Crippen molar-refractivity contribution in [2.45, 2.75) is 13.5 Å². The van der Waals surface area contributed by atoms with Crippen molar-refractivity contribution in [1.82, 2.24) is 9.78 Å². The Labute approximate surface area is 94.1 Å². The summed E-state index contributed by atoms with van der Waals surface area (Å²) in [6, 6.07) is 9.51. The minimum absolute atomic E-state index is 0.0438. The summed E-state index contributed by atoms with van der Waals surface area (Å²) in [4.78, 5) is 0. The van der Waals surface area contributed by atoms with Crippen molar-refractivity contribution >= 4 is 0 Å². The van der Waals surface area contributed by atoms with Crippen molar-refractivity contribution in [1.29, 1.82) is 0 Å². The Morgan fingerprint density at radius 1 is 1.38 bits per heavy atom. The predicted octanol–water partition coefficient (Wildman–Crippen LogP) is 1.68. The number of aryl methyl sites for hydroxylation is 1. The lowest BCUT2D eigenvalue weighted by atomic mass is 10.3. The fraction of sp³-hybridized carbons (Fsp3) is 0.250. The summed E-state index contributed by atoms with van der Waals surface area (Å²) in [5.74, 6) is 0.790. The monoisotopic (exact) mass is 218 g/mol. The Morgan fingerprint density at radius 2 is 2.19 bits per heavy atom. The van der Waals surface area contributed by atoms with E-state index in [0.29, 0.717) is 5.69 Å². The average Bonchev–Trinajstić information content (AvgIpc) is 2.71. The van der Waals surface area contributed by atoms with E-state index in [-0.39, 0.29) is 6.61 Å². The van der Waals surface area contributed by atoms with Crippen LogP contribution in [0.4, 0.5) is 0 Å². The number of aliphatic hydroxyl groups excluding tert-OH is 1. The van der Waals surface area contributed by atoms with E-state index in [4.69, 9.17) is 9.84 Å². The second-order valence-corrected chi connectivity index (χ2v) is 3.55. The fourth-order valence-corrected chi connectivity index (χ4v) is 1.62. The number of methoxy groups -OCH3 is 1. The summed E-state index contributed by atoms with van der Waals surface area (Å²) in [6.45, 7) is 1.91. The van der Waals surface area contributed by atoms with Crippen molar-refractivity contribution in [3.05, 3.63) is 41.7 Å². The third-order valence-corrected chi connectivity index (χ3v) is 2.40. The first-order valence-corrected chi connectivity index (χ1v) is 5.05. The number of aromatic nitrogens is 2. The molecule has 0 saturated heterocycles. The van der Waals surface area contributed by atoms with E-state index in [9.17, 15) is 0 Å². The van der Waals surface area contributed by atoms with Gasteiger partial charge < -0.3 is 9.84 Å². The zero-order valence-electron chi connectivity index (χ0n) is 9.34. The fourth-order valence-electron chi connectivity index (χ4n) is 1.62. The molecule has 4 heteroatoms. The van der Waals surface area contributed by atoms with Crippen LogP contribution in [0.5, 0.6) is 5.75 Å². The predicted molar refractivity (Wildman–Crippen MR) is 60.8 cm³/mol. The topological polar surface area (TPSA) is 47.3 Å². The Kier molecular flexibility index (Phi) is 2.92. The minimum atomic E-state index is -0.0438. The molecule has 0 amide bonds. The van der Waals surface area contributed by atoms with Crippen LogP contribution >= 0.6 is 0 Å². The maximum Gasteiger partial charge on any atom is 0.121 e. The smallest absolute Gasteiger partial charge is 0.121 e. The molecule has 1 aromatic heterocycles. The summed E-state index contributed by atoms with van der Waals surface area (Å²) >= 11 is 0. The highest BCUT2D eigenvalue weighted by Gasteiger charge is 2.05. The first kappa shape index (κ1) is 10.7. The molecule has 2 rings (SSSR count). The second-order valence-electron chi connectivity index (χ2n) is 3.55. The van der Waals surface area contributed by atoms with Crippen molar-refractivity contribution < 1.29 is 9.84 Å². The van der Waals surface area contributed by atoms with E-state index in [1.54, 1.807) is 11.8 Å². The van der Waals surface area contributed by atoms with Crippen LogP contribution in [0.3, 0.4) is 0 Å². The van der Waals surface area contributed by atoms with Gasteiger partial charge >= 0.3 is 0 Å². The van der Waals surface area contributed by atoms with Gasteiger partial charge in [-0.15, -0.1) is 0 Å². The molecule has 4 nitrogen and oxygen atoms in total. The van der Waals surface area contributed by atoms with Crippen molar-refractivity contribution in [3.8, 4) is 11.4 Å². The molecule has 0 aliphatic heterocycles. The molecule has 1 heterocycles. The van der Waals surface area contributed by atoms with Crippen LogP contribution in [0.25, 0.3) is 5.69 Å². The number of ether oxygens (including phenoxy) is 1. The lowest BCUT2D eigenvalue weighted by Crippen LogP contribution is -1.99. The summed E-state index contributed by atoms with van der Waals surface area (Å²) < 4.78 is 6.94. The maximum atomic E-state index is 9.02. The number of aliphatic hydroxyl groups is 1. The average molecular weight is 218 g/mol. The van der Waals surface area contributed by atoms with Gasteiger partial charge in [-0.3, -0.25) is 0 Å². The van der Waals surface area contributed by atoms with Crippen LogP contribution in [0, 0.1) is 6.92 Å². The van der Waals surface area contributed by atoms with E-state index in [2.05, 4.69) is 5.10 Å². The minimum Gasteiger partial charge on any atom is -0.497 e.